The molecule has 4 heteroatoms. The predicted molar refractivity (Wildman–Crippen MR) is 72.2 cm³/mol. The number of benzene rings is 2. The van der Waals surface area contributed by atoms with Crippen molar-refractivity contribution in [2.24, 2.45) is 0 Å². The molecule has 3 nitrogen and oxygen atoms in total. The van der Waals surface area contributed by atoms with Crippen LogP contribution in [0, 0.1) is 0 Å². The maximum absolute atomic E-state index is 11.4. The molecule has 0 radical (unpaired) electrons. The number of anilines is 1. The number of hydrogen-bond donors (Lipinski definition) is 1. The third kappa shape index (κ3) is 3.05. The number of carbonyl (C=O) groups is 1. The summed E-state index contributed by atoms with van der Waals surface area (Å²) < 4.78 is 5.80. The first kappa shape index (κ1) is 12.1. The number of halogens is 1. The predicted octanol–water partition coefficient (Wildman–Crippen LogP) is 3.19. The molecule has 1 N–H and O–H groups in total. The molecular formula is C13H12BrNO2. The van der Waals surface area contributed by atoms with Crippen LogP contribution < -0.4 is 5.32 Å². The van der Waals surface area contributed by atoms with Crippen LogP contribution in [-0.4, -0.2) is 19.6 Å². The highest BCUT2D eigenvalue weighted by Crippen LogP contribution is 2.22. The Morgan fingerprint density at radius 2 is 1.94 bits per heavy atom. The molecule has 0 aliphatic carbocycles. The minimum Gasteiger partial charge on any atom is -0.375 e. The number of ether oxygens (including phenoxy) is 1. The zero-order valence-corrected chi connectivity index (χ0v) is 11.0. The van der Waals surface area contributed by atoms with Gasteiger partial charge in [-0.2, -0.15) is 0 Å². The lowest BCUT2D eigenvalue weighted by Gasteiger charge is -2.06. The van der Waals surface area contributed by atoms with Gasteiger partial charge in [0.1, 0.15) is 6.61 Å². The fourth-order valence-corrected chi connectivity index (χ4v) is 2.00. The van der Waals surface area contributed by atoms with Crippen LogP contribution in [0.1, 0.15) is 0 Å². The van der Waals surface area contributed by atoms with Crippen molar-refractivity contribution < 1.29 is 9.53 Å². The van der Waals surface area contributed by atoms with E-state index in [9.17, 15) is 4.79 Å². The van der Waals surface area contributed by atoms with Gasteiger partial charge in [-0.25, -0.2) is 0 Å². The lowest BCUT2D eigenvalue weighted by atomic mass is 10.1. The van der Waals surface area contributed by atoms with Gasteiger partial charge >= 0.3 is 0 Å². The fourth-order valence-electron chi connectivity index (χ4n) is 1.62. The lowest BCUT2D eigenvalue weighted by molar-refractivity contribution is -0.119. The SMILES string of the molecule is COCC(=O)Nc1ccc2cc(Br)ccc2c1. The Bertz CT molecular complexity index is 554. The molecule has 0 saturated carbocycles. The van der Waals surface area contributed by atoms with Crippen molar-refractivity contribution in [3.05, 3.63) is 40.9 Å². The van der Waals surface area contributed by atoms with Crippen molar-refractivity contribution in [2.75, 3.05) is 19.0 Å². The molecular weight excluding hydrogens is 282 g/mol. The van der Waals surface area contributed by atoms with Crippen molar-refractivity contribution >= 4 is 38.3 Å². The second-order valence-electron chi connectivity index (χ2n) is 3.69. The summed E-state index contributed by atoms with van der Waals surface area (Å²) in [6.07, 6.45) is 0. The van der Waals surface area contributed by atoms with Gasteiger partial charge in [-0.05, 0) is 35.0 Å². The first-order chi connectivity index (χ1) is 8.19. The largest absolute Gasteiger partial charge is 0.375 e. The summed E-state index contributed by atoms with van der Waals surface area (Å²) in [4.78, 5) is 11.4. The van der Waals surface area contributed by atoms with E-state index in [4.69, 9.17) is 4.74 Å². The summed E-state index contributed by atoms with van der Waals surface area (Å²) in [6.45, 7) is 0.0678. The summed E-state index contributed by atoms with van der Waals surface area (Å²) in [6, 6.07) is 11.8. The molecule has 0 bridgehead atoms. The average molecular weight is 294 g/mol. The molecule has 0 fully saturated rings. The van der Waals surface area contributed by atoms with E-state index < -0.39 is 0 Å². The van der Waals surface area contributed by atoms with E-state index in [1.165, 1.54) is 7.11 Å². The number of amides is 1. The smallest absolute Gasteiger partial charge is 0.250 e. The van der Waals surface area contributed by atoms with Gasteiger partial charge in [0.15, 0.2) is 0 Å². The number of hydrogen-bond acceptors (Lipinski definition) is 2. The molecule has 0 aromatic heterocycles. The molecule has 0 aliphatic heterocycles. The summed E-state index contributed by atoms with van der Waals surface area (Å²) in [5.41, 5.74) is 0.780. The van der Waals surface area contributed by atoms with Crippen molar-refractivity contribution in [3.63, 3.8) is 0 Å². The molecule has 2 aromatic carbocycles. The van der Waals surface area contributed by atoms with Crippen LogP contribution in [0.3, 0.4) is 0 Å². The van der Waals surface area contributed by atoms with Crippen molar-refractivity contribution in [1.82, 2.24) is 0 Å². The Morgan fingerprint density at radius 3 is 2.71 bits per heavy atom. The van der Waals surface area contributed by atoms with E-state index in [0.717, 1.165) is 20.9 Å². The summed E-state index contributed by atoms with van der Waals surface area (Å²) in [5.74, 6) is -0.149. The molecule has 2 rings (SSSR count). The topological polar surface area (TPSA) is 38.3 Å². The Hall–Kier alpha value is -1.39. The highest BCUT2D eigenvalue weighted by Gasteiger charge is 2.02. The number of fused-ring (bicyclic) bond motifs is 1. The Morgan fingerprint density at radius 1 is 1.24 bits per heavy atom. The highest BCUT2D eigenvalue weighted by atomic mass is 79.9. The van der Waals surface area contributed by atoms with Crippen molar-refractivity contribution in [2.45, 2.75) is 0 Å². The fraction of sp³-hybridized carbons (Fsp3) is 0.154. The van der Waals surface area contributed by atoms with Gasteiger partial charge in [0, 0.05) is 17.3 Å². The van der Waals surface area contributed by atoms with Gasteiger partial charge in [-0.3, -0.25) is 4.79 Å². The highest BCUT2D eigenvalue weighted by molar-refractivity contribution is 9.10. The molecule has 0 atom stereocenters. The quantitative estimate of drug-likeness (QED) is 0.944. The van der Waals surface area contributed by atoms with E-state index in [1.807, 2.05) is 36.4 Å². The average Bonchev–Trinajstić information content (AvgIpc) is 2.29. The molecule has 0 saturated heterocycles. The molecule has 0 unspecified atom stereocenters. The van der Waals surface area contributed by atoms with Gasteiger partial charge in [0.25, 0.3) is 0 Å². The monoisotopic (exact) mass is 293 g/mol. The zero-order chi connectivity index (χ0) is 12.3. The third-order valence-corrected chi connectivity index (χ3v) is 2.85. The minimum atomic E-state index is -0.149. The molecule has 0 spiro atoms. The maximum atomic E-state index is 11.4. The summed E-state index contributed by atoms with van der Waals surface area (Å²) >= 11 is 3.43. The zero-order valence-electron chi connectivity index (χ0n) is 9.37. The van der Waals surface area contributed by atoms with Gasteiger partial charge < -0.3 is 10.1 Å². The minimum absolute atomic E-state index is 0.0678. The molecule has 2 aromatic rings. The number of methoxy groups -OCH3 is 1. The Balaban J connectivity index is 2.26. The van der Waals surface area contributed by atoms with Crippen molar-refractivity contribution in [1.29, 1.82) is 0 Å². The molecule has 0 aliphatic rings. The Kier molecular flexibility index (Phi) is 3.76. The van der Waals surface area contributed by atoms with Crippen LogP contribution in [-0.2, 0) is 9.53 Å². The third-order valence-electron chi connectivity index (χ3n) is 2.36. The second-order valence-corrected chi connectivity index (χ2v) is 4.60. The van der Waals surface area contributed by atoms with Crippen LogP contribution in [0.25, 0.3) is 10.8 Å². The molecule has 0 heterocycles. The van der Waals surface area contributed by atoms with Crippen LogP contribution in [0.2, 0.25) is 0 Å². The van der Waals surface area contributed by atoms with Crippen molar-refractivity contribution in [3.8, 4) is 0 Å². The van der Waals surface area contributed by atoms with Crippen LogP contribution in [0.4, 0.5) is 5.69 Å². The molecule has 1 amide bonds. The van der Waals surface area contributed by atoms with E-state index in [2.05, 4.69) is 21.2 Å². The van der Waals surface area contributed by atoms with E-state index in [-0.39, 0.29) is 12.5 Å². The normalized spacial score (nSPS) is 10.5. The molecule has 17 heavy (non-hydrogen) atoms. The summed E-state index contributed by atoms with van der Waals surface area (Å²) in [5, 5.41) is 4.99. The van der Waals surface area contributed by atoms with Gasteiger partial charge in [-0.1, -0.05) is 28.1 Å². The number of nitrogens with one attached hydrogen (secondary N) is 1. The lowest BCUT2D eigenvalue weighted by Crippen LogP contribution is -2.16. The second kappa shape index (κ2) is 5.29. The van der Waals surface area contributed by atoms with Gasteiger partial charge in [-0.15, -0.1) is 0 Å². The number of carbonyl (C=O) groups excluding carboxylic acids is 1. The van der Waals surface area contributed by atoms with Crippen LogP contribution in [0.5, 0.6) is 0 Å². The standard InChI is InChI=1S/C13H12BrNO2/c1-17-8-13(16)15-12-5-3-9-6-11(14)4-2-10(9)7-12/h2-7H,8H2,1H3,(H,15,16). The van der Waals surface area contributed by atoms with Crippen LogP contribution in [0.15, 0.2) is 40.9 Å². The van der Waals surface area contributed by atoms with E-state index >= 15 is 0 Å². The van der Waals surface area contributed by atoms with E-state index in [1.54, 1.807) is 0 Å². The van der Waals surface area contributed by atoms with Gasteiger partial charge in [0.05, 0.1) is 0 Å². The van der Waals surface area contributed by atoms with E-state index in [0.29, 0.717) is 0 Å². The first-order valence-corrected chi connectivity index (χ1v) is 5.96. The summed E-state index contributed by atoms with van der Waals surface area (Å²) in [7, 11) is 1.50. The Labute approximate surface area is 108 Å². The van der Waals surface area contributed by atoms with Gasteiger partial charge in [0.2, 0.25) is 5.91 Å². The van der Waals surface area contributed by atoms with Crippen LogP contribution >= 0.6 is 15.9 Å². The molecule has 88 valence electrons. The first-order valence-electron chi connectivity index (χ1n) is 5.17. The number of rotatable bonds is 3. The maximum Gasteiger partial charge on any atom is 0.250 e.